The monoisotopic (exact) mass is 295 g/mol. The van der Waals surface area contributed by atoms with Crippen LogP contribution in [0.4, 0.5) is 5.69 Å². The molecule has 1 aliphatic rings. The minimum Gasteiger partial charge on any atom is -0.344 e. The number of hydrogen-bond donors (Lipinski definition) is 2. The smallest absolute Gasteiger partial charge is 0.249 e. The lowest BCUT2D eigenvalue weighted by molar-refractivity contribution is -0.126. The van der Waals surface area contributed by atoms with Crippen LogP contribution >= 0.6 is 11.6 Å². The molecular formula is C14H18ClN3O2. The van der Waals surface area contributed by atoms with Gasteiger partial charge in [-0.2, -0.15) is 0 Å². The van der Waals surface area contributed by atoms with Crippen molar-refractivity contribution in [1.82, 2.24) is 10.6 Å². The number of nitrogens with zero attached hydrogens (tertiary/aromatic N) is 1. The number of carbonyl (C=O) groups excluding carboxylic acids is 2. The number of amides is 2. The molecule has 0 aromatic heterocycles. The first-order valence-corrected chi connectivity index (χ1v) is 7.00. The molecule has 2 N–H and O–H groups in total. The first kappa shape index (κ1) is 14.8. The largest absolute Gasteiger partial charge is 0.344 e. The van der Waals surface area contributed by atoms with Crippen molar-refractivity contribution in [2.45, 2.75) is 18.9 Å². The van der Waals surface area contributed by atoms with E-state index in [9.17, 15) is 9.59 Å². The summed E-state index contributed by atoms with van der Waals surface area (Å²) >= 11 is 5.93. The molecule has 20 heavy (non-hydrogen) atoms. The van der Waals surface area contributed by atoms with Crippen molar-refractivity contribution in [3.63, 3.8) is 0 Å². The van der Waals surface area contributed by atoms with Crippen molar-refractivity contribution in [3.05, 3.63) is 29.3 Å². The number of benzene rings is 1. The molecule has 0 radical (unpaired) electrons. The van der Waals surface area contributed by atoms with Gasteiger partial charge in [0.15, 0.2) is 0 Å². The van der Waals surface area contributed by atoms with Gasteiger partial charge in [0.05, 0.1) is 0 Å². The summed E-state index contributed by atoms with van der Waals surface area (Å²) in [6, 6.07) is 6.74. The van der Waals surface area contributed by atoms with Crippen molar-refractivity contribution in [2.75, 3.05) is 25.0 Å². The van der Waals surface area contributed by atoms with E-state index < -0.39 is 6.04 Å². The van der Waals surface area contributed by atoms with E-state index in [0.29, 0.717) is 31.0 Å². The predicted molar refractivity (Wildman–Crippen MR) is 78.9 cm³/mol. The van der Waals surface area contributed by atoms with Crippen LogP contribution < -0.4 is 15.5 Å². The lowest BCUT2D eigenvalue weighted by atomic mass is 10.2. The van der Waals surface area contributed by atoms with Crippen LogP contribution in [-0.4, -0.2) is 38.0 Å². The van der Waals surface area contributed by atoms with Gasteiger partial charge >= 0.3 is 0 Å². The van der Waals surface area contributed by atoms with E-state index in [1.807, 2.05) is 12.1 Å². The van der Waals surface area contributed by atoms with Gasteiger partial charge in [-0.05, 0) is 31.7 Å². The molecule has 1 aromatic carbocycles. The second kappa shape index (κ2) is 6.72. The van der Waals surface area contributed by atoms with E-state index in [4.69, 9.17) is 11.6 Å². The highest BCUT2D eigenvalue weighted by Crippen LogP contribution is 2.24. The number of halogens is 1. The summed E-state index contributed by atoms with van der Waals surface area (Å²) in [7, 11) is 1.79. The summed E-state index contributed by atoms with van der Waals surface area (Å²) < 4.78 is 0. The standard InChI is InChI=1S/C14H18ClN3O2/c1-16-7-5-13(19)17-12-6-8-18(14(12)20)11-4-2-3-10(15)9-11/h2-4,9,12,16H,5-8H2,1H3,(H,17,19). The van der Waals surface area contributed by atoms with Gasteiger partial charge in [-0.15, -0.1) is 0 Å². The molecule has 0 bridgehead atoms. The molecule has 1 fully saturated rings. The second-order valence-electron chi connectivity index (χ2n) is 4.73. The lowest BCUT2D eigenvalue weighted by Crippen LogP contribution is -2.42. The molecule has 1 atom stereocenters. The summed E-state index contributed by atoms with van der Waals surface area (Å²) in [6.07, 6.45) is 0.994. The lowest BCUT2D eigenvalue weighted by Gasteiger charge is -2.17. The Labute approximate surface area is 123 Å². The number of anilines is 1. The van der Waals surface area contributed by atoms with Crippen LogP contribution in [-0.2, 0) is 9.59 Å². The average Bonchev–Trinajstić information content (AvgIpc) is 2.78. The predicted octanol–water partition coefficient (Wildman–Crippen LogP) is 1.17. The van der Waals surface area contributed by atoms with Gasteiger partial charge in [0.2, 0.25) is 11.8 Å². The molecule has 1 aromatic rings. The molecule has 5 nitrogen and oxygen atoms in total. The second-order valence-corrected chi connectivity index (χ2v) is 5.17. The molecule has 2 rings (SSSR count). The third-order valence-corrected chi connectivity index (χ3v) is 3.50. The van der Waals surface area contributed by atoms with Crippen molar-refractivity contribution in [1.29, 1.82) is 0 Å². The summed E-state index contributed by atoms with van der Waals surface area (Å²) in [6.45, 7) is 1.20. The Kier molecular flexibility index (Phi) is 4.98. The molecule has 1 saturated heterocycles. The number of hydrogen-bond acceptors (Lipinski definition) is 3. The molecule has 1 heterocycles. The Balaban J connectivity index is 1.97. The molecule has 1 unspecified atom stereocenters. The molecule has 6 heteroatoms. The zero-order valence-corrected chi connectivity index (χ0v) is 12.1. The molecule has 0 saturated carbocycles. The van der Waals surface area contributed by atoms with Crippen LogP contribution in [0, 0.1) is 0 Å². The van der Waals surface area contributed by atoms with E-state index in [1.165, 1.54) is 0 Å². The number of nitrogens with one attached hydrogen (secondary N) is 2. The highest BCUT2D eigenvalue weighted by Gasteiger charge is 2.33. The maximum Gasteiger partial charge on any atom is 0.249 e. The summed E-state index contributed by atoms with van der Waals surface area (Å²) in [5.41, 5.74) is 0.773. The average molecular weight is 296 g/mol. The maximum atomic E-state index is 12.3. The SMILES string of the molecule is CNCCC(=O)NC1CCN(c2cccc(Cl)c2)C1=O. The van der Waals surface area contributed by atoms with Crippen LogP contribution in [0.15, 0.2) is 24.3 Å². The Morgan fingerprint density at radius 1 is 1.50 bits per heavy atom. The van der Waals surface area contributed by atoms with Crippen molar-refractivity contribution in [3.8, 4) is 0 Å². The third-order valence-electron chi connectivity index (χ3n) is 3.26. The first-order chi connectivity index (χ1) is 9.61. The van der Waals surface area contributed by atoms with Crippen LogP contribution in [0.5, 0.6) is 0 Å². The summed E-state index contributed by atoms with van der Waals surface area (Å²) in [5.74, 6) is -0.185. The highest BCUT2D eigenvalue weighted by atomic mass is 35.5. The Hall–Kier alpha value is -1.59. The Morgan fingerprint density at radius 3 is 3.00 bits per heavy atom. The highest BCUT2D eigenvalue weighted by molar-refractivity contribution is 6.31. The van der Waals surface area contributed by atoms with Crippen LogP contribution in [0.3, 0.4) is 0 Å². The summed E-state index contributed by atoms with van der Waals surface area (Å²) in [4.78, 5) is 25.6. The van der Waals surface area contributed by atoms with Crippen LogP contribution in [0.1, 0.15) is 12.8 Å². The van der Waals surface area contributed by atoms with Crippen molar-refractivity contribution >= 4 is 29.1 Å². The van der Waals surface area contributed by atoms with Gasteiger partial charge < -0.3 is 15.5 Å². The fourth-order valence-corrected chi connectivity index (χ4v) is 2.40. The van der Waals surface area contributed by atoms with Gasteiger partial charge in [0, 0.05) is 30.2 Å². The van der Waals surface area contributed by atoms with Gasteiger partial charge in [-0.1, -0.05) is 17.7 Å². The molecule has 0 spiro atoms. The third kappa shape index (κ3) is 3.49. The van der Waals surface area contributed by atoms with Gasteiger partial charge in [-0.25, -0.2) is 0 Å². The van der Waals surface area contributed by atoms with Crippen LogP contribution in [0.25, 0.3) is 0 Å². The van der Waals surface area contributed by atoms with Crippen molar-refractivity contribution in [2.24, 2.45) is 0 Å². The summed E-state index contributed by atoms with van der Waals surface area (Å²) in [5, 5.41) is 6.27. The zero-order valence-electron chi connectivity index (χ0n) is 11.4. The van der Waals surface area contributed by atoms with Gasteiger partial charge in [0.1, 0.15) is 6.04 Å². The Morgan fingerprint density at radius 2 is 2.30 bits per heavy atom. The maximum absolute atomic E-state index is 12.3. The quantitative estimate of drug-likeness (QED) is 0.857. The fourth-order valence-electron chi connectivity index (χ4n) is 2.22. The van der Waals surface area contributed by atoms with E-state index in [0.717, 1.165) is 5.69 Å². The van der Waals surface area contributed by atoms with Crippen LogP contribution in [0.2, 0.25) is 5.02 Å². The molecule has 1 aliphatic heterocycles. The van der Waals surface area contributed by atoms with E-state index in [2.05, 4.69) is 10.6 Å². The van der Waals surface area contributed by atoms with E-state index in [1.54, 1.807) is 24.1 Å². The van der Waals surface area contributed by atoms with Gasteiger partial charge in [0.25, 0.3) is 0 Å². The topological polar surface area (TPSA) is 61.4 Å². The zero-order chi connectivity index (χ0) is 14.5. The molecular weight excluding hydrogens is 278 g/mol. The molecule has 2 amide bonds. The fraction of sp³-hybridized carbons (Fsp3) is 0.429. The molecule has 108 valence electrons. The van der Waals surface area contributed by atoms with E-state index >= 15 is 0 Å². The Bertz CT molecular complexity index is 507. The first-order valence-electron chi connectivity index (χ1n) is 6.62. The minimum atomic E-state index is -0.432. The van der Waals surface area contributed by atoms with E-state index in [-0.39, 0.29) is 11.8 Å². The van der Waals surface area contributed by atoms with Crippen molar-refractivity contribution < 1.29 is 9.59 Å². The normalized spacial score (nSPS) is 18.4. The number of carbonyl (C=O) groups is 2. The molecule has 0 aliphatic carbocycles. The minimum absolute atomic E-state index is 0.0786. The number of rotatable bonds is 5. The van der Waals surface area contributed by atoms with Gasteiger partial charge in [-0.3, -0.25) is 9.59 Å².